The van der Waals surface area contributed by atoms with E-state index in [0.29, 0.717) is 17.2 Å². The van der Waals surface area contributed by atoms with Gasteiger partial charge in [-0.3, -0.25) is 4.79 Å². The molecule has 2 N–H and O–H groups in total. The van der Waals surface area contributed by atoms with Gasteiger partial charge in [0.25, 0.3) is 5.88 Å². The summed E-state index contributed by atoms with van der Waals surface area (Å²) in [5.74, 6) is 0.907. The minimum Gasteiger partial charge on any atom is -0.497 e. The van der Waals surface area contributed by atoms with Crippen molar-refractivity contribution in [3.63, 3.8) is 0 Å². The SMILES string of the molecule is COc1ccc(N)c(Oc2nccn(C(C)(C)C)c2=O)c1. The lowest BCUT2D eigenvalue weighted by molar-refractivity contribution is 0.362. The van der Waals surface area contributed by atoms with E-state index in [4.69, 9.17) is 15.2 Å². The topological polar surface area (TPSA) is 79.4 Å². The Labute approximate surface area is 123 Å². The molecule has 0 saturated heterocycles. The van der Waals surface area contributed by atoms with Gasteiger partial charge in [-0.05, 0) is 32.9 Å². The highest BCUT2D eigenvalue weighted by Gasteiger charge is 2.18. The Bertz CT molecular complexity index is 702. The van der Waals surface area contributed by atoms with Gasteiger partial charge >= 0.3 is 5.56 Å². The van der Waals surface area contributed by atoms with E-state index in [1.807, 2.05) is 20.8 Å². The number of ether oxygens (including phenoxy) is 2. The Balaban J connectivity index is 2.44. The third-order valence-electron chi connectivity index (χ3n) is 2.96. The van der Waals surface area contributed by atoms with Crippen LogP contribution in [0.3, 0.4) is 0 Å². The Kier molecular flexibility index (Phi) is 3.88. The average Bonchev–Trinajstić information content (AvgIpc) is 2.42. The van der Waals surface area contributed by atoms with Crippen molar-refractivity contribution in [3.8, 4) is 17.4 Å². The Hall–Kier alpha value is -2.50. The molecule has 0 aliphatic rings. The van der Waals surface area contributed by atoms with Crippen LogP contribution in [-0.4, -0.2) is 16.7 Å². The number of nitrogen functional groups attached to an aromatic ring is 1. The quantitative estimate of drug-likeness (QED) is 0.878. The van der Waals surface area contributed by atoms with Crippen LogP contribution in [0.4, 0.5) is 5.69 Å². The second-order valence-corrected chi connectivity index (χ2v) is 5.58. The van der Waals surface area contributed by atoms with Crippen molar-refractivity contribution in [2.75, 3.05) is 12.8 Å². The molecular weight excluding hydrogens is 270 g/mol. The van der Waals surface area contributed by atoms with Gasteiger partial charge in [0.1, 0.15) is 5.75 Å². The number of nitrogens with two attached hydrogens (primary N) is 1. The predicted octanol–water partition coefficient (Wildman–Crippen LogP) is 2.38. The highest BCUT2D eigenvalue weighted by molar-refractivity contribution is 5.56. The van der Waals surface area contributed by atoms with Gasteiger partial charge in [-0.25, -0.2) is 4.98 Å². The van der Waals surface area contributed by atoms with Gasteiger partial charge in [-0.1, -0.05) is 0 Å². The number of nitrogens with zero attached hydrogens (tertiary/aromatic N) is 2. The number of benzene rings is 1. The third kappa shape index (κ3) is 3.16. The van der Waals surface area contributed by atoms with E-state index in [1.165, 1.54) is 6.20 Å². The highest BCUT2D eigenvalue weighted by Crippen LogP contribution is 2.29. The summed E-state index contributed by atoms with van der Waals surface area (Å²) in [7, 11) is 1.54. The fourth-order valence-electron chi connectivity index (χ4n) is 1.83. The fourth-order valence-corrected chi connectivity index (χ4v) is 1.83. The minimum atomic E-state index is -0.363. The van der Waals surface area contributed by atoms with Crippen LogP contribution in [0.2, 0.25) is 0 Å². The van der Waals surface area contributed by atoms with Crippen molar-refractivity contribution in [2.24, 2.45) is 0 Å². The fraction of sp³-hybridized carbons (Fsp3) is 0.333. The zero-order valence-electron chi connectivity index (χ0n) is 12.6. The van der Waals surface area contributed by atoms with Crippen LogP contribution in [0.1, 0.15) is 20.8 Å². The maximum absolute atomic E-state index is 12.4. The molecule has 1 aromatic heterocycles. The van der Waals surface area contributed by atoms with Crippen LogP contribution < -0.4 is 20.8 Å². The van der Waals surface area contributed by atoms with Gasteiger partial charge in [0, 0.05) is 24.0 Å². The van der Waals surface area contributed by atoms with Crippen molar-refractivity contribution in [1.82, 2.24) is 9.55 Å². The van der Waals surface area contributed by atoms with Gasteiger partial charge in [-0.15, -0.1) is 0 Å². The molecule has 0 aliphatic heterocycles. The zero-order valence-corrected chi connectivity index (χ0v) is 12.6. The minimum absolute atomic E-state index is 0.0209. The summed E-state index contributed by atoms with van der Waals surface area (Å²) in [6.45, 7) is 5.79. The molecule has 6 nitrogen and oxygen atoms in total. The number of aromatic nitrogens is 2. The second-order valence-electron chi connectivity index (χ2n) is 5.58. The molecule has 0 radical (unpaired) electrons. The molecule has 1 heterocycles. The van der Waals surface area contributed by atoms with E-state index < -0.39 is 0 Å². The van der Waals surface area contributed by atoms with Crippen LogP contribution >= 0.6 is 0 Å². The summed E-state index contributed by atoms with van der Waals surface area (Å²) in [5, 5.41) is 0. The predicted molar refractivity (Wildman–Crippen MR) is 81.0 cm³/mol. The molecule has 0 fully saturated rings. The summed E-state index contributed by atoms with van der Waals surface area (Å²) in [4.78, 5) is 16.4. The Morgan fingerprint density at radius 1 is 1.29 bits per heavy atom. The summed E-state index contributed by atoms with van der Waals surface area (Å²) >= 11 is 0. The monoisotopic (exact) mass is 289 g/mol. The molecule has 0 spiro atoms. The molecular formula is C15H19N3O3. The van der Waals surface area contributed by atoms with Crippen LogP contribution in [0.15, 0.2) is 35.4 Å². The third-order valence-corrected chi connectivity index (χ3v) is 2.96. The Morgan fingerprint density at radius 2 is 2.00 bits per heavy atom. The number of hydrogen-bond donors (Lipinski definition) is 1. The molecule has 0 aliphatic carbocycles. The molecule has 0 amide bonds. The molecule has 112 valence electrons. The standard InChI is InChI=1S/C15H19N3O3/c1-15(2,3)18-8-7-17-13(14(18)19)21-12-9-10(20-4)5-6-11(12)16/h5-9H,16H2,1-4H3. The number of anilines is 1. The van der Waals surface area contributed by atoms with Crippen LogP contribution in [0.25, 0.3) is 0 Å². The van der Waals surface area contributed by atoms with E-state index in [2.05, 4.69) is 4.98 Å². The van der Waals surface area contributed by atoms with E-state index in [9.17, 15) is 4.79 Å². The van der Waals surface area contributed by atoms with E-state index in [1.54, 1.807) is 36.1 Å². The van der Waals surface area contributed by atoms with Gasteiger partial charge in [0.15, 0.2) is 5.75 Å². The van der Waals surface area contributed by atoms with Crippen molar-refractivity contribution in [1.29, 1.82) is 0 Å². The molecule has 2 rings (SSSR count). The van der Waals surface area contributed by atoms with Crippen molar-refractivity contribution in [3.05, 3.63) is 40.9 Å². The van der Waals surface area contributed by atoms with Gasteiger partial charge in [-0.2, -0.15) is 0 Å². The second kappa shape index (κ2) is 5.47. The lowest BCUT2D eigenvalue weighted by Gasteiger charge is -2.22. The van der Waals surface area contributed by atoms with Crippen molar-refractivity contribution < 1.29 is 9.47 Å². The van der Waals surface area contributed by atoms with E-state index >= 15 is 0 Å². The van der Waals surface area contributed by atoms with Crippen LogP contribution in [0.5, 0.6) is 17.4 Å². The van der Waals surface area contributed by atoms with Crippen molar-refractivity contribution in [2.45, 2.75) is 26.3 Å². The van der Waals surface area contributed by atoms with Gasteiger partial charge in [0.2, 0.25) is 0 Å². The summed E-state index contributed by atoms with van der Waals surface area (Å²) in [6.07, 6.45) is 3.16. The highest BCUT2D eigenvalue weighted by atomic mass is 16.5. The van der Waals surface area contributed by atoms with Crippen LogP contribution in [-0.2, 0) is 5.54 Å². The lowest BCUT2D eigenvalue weighted by atomic mass is 10.1. The molecule has 1 aromatic carbocycles. The first-order chi connectivity index (χ1) is 9.82. The number of hydrogen-bond acceptors (Lipinski definition) is 5. The number of rotatable bonds is 3. The average molecular weight is 289 g/mol. The molecule has 0 saturated carbocycles. The summed E-state index contributed by atoms with van der Waals surface area (Å²) in [5.41, 5.74) is 5.58. The summed E-state index contributed by atoms with van der Waals surface area (Å²) < 4.78 is 12.2. The smallest absolute Gasteiger partial charge is 0.314 e. The normalized spacial score (nSPS) is 11.2. The molecule has 0 unspecified atom stereocenters. The maximum atomic E-state index is 12.4. The van der Waals surface area contributed by atoms with Gasteiger partial charge in [0.05, 0.1) is 12.8 Å². The van der Waals surface area contributed by atoms with E-state index in [0.717, 1.165) is 0 Å². The molecule has 2 aromatic rings. The Morgan fingerprint density at radius 3 is 2.62 bits per heavy atom. The largest absolute Gasteiger partial charge is 0.497 e. The number of methoxy groups -OCH3 is 1. The molecule has 0 atom stereocenters. The molecule has 6 heteroatoms. The first kappa shape index (κ1) is 14.9. The first-order valence-corrected chi connectivity index (χ1v) is 6.52. The van der Waals surface area contributed by atoms with Crippen LogP contribution in [0, 0.1) is 0 Å². The maximum Gasteiger partial charge on any atom is 0.314 e. The first-order valence-electron chi connectivity index (χ1n) is 6.52. The molecule has 0 bridgehead atoms. The molecule has 21 heavy (non-hydrogen) atoms. The lowest BCUT2D eigenvalue weighted by Crippen LogP contribution is -2.34. The van der Waals surface area contributed by atoms with E-state index in [-0.39, 0.29) is 17.0 Å². The van der Waals surface area contributed by atoms with Crippen molar-refractivity contribution >= 4 is 5.69 Å². The summed E-state index contributed by atoms with van der Waals surface area (Å²) in [6, 6.07) is 4.98. The zero-order chi connectivity index (χ0) is 15.6. The van der Waals surface area contributed by atoms with Gasteiger partial charge < -0.3 is 19.8 Å².